The van der Waals surface area contributed by atoms with Crippen molar-refractivity contribution in [2.45, 2.75) is 20.8 Å². The predicted molar refractivity (Wildman–Crippen MR) is 51.3 cm³/mol. The lowest BCUT2D eigenvalue weighted by Gasteiger charge is -2.07. The van der Waals surface area contributed by atoms with Crippen LogP contribution in [0.25, 0.3) is 0 Å². The minimum atomic E-state index is 0. The van der Waals surface area contributed by atoms with Crippen LogP contribution in [-0.2, 0) is 0 Å². The third-order valence-corrected chi connectivity index (χ3v) is 2.01. The lowest BCUT2D eigenvalue weighted by Crippen LogP contribution is -2.31. The van der Waals surface area contributed by atoms with Crippen LogP contribution in [0.15, 0.2) is 6.20 Å². The number of rotatable bonds is 0. The molecular weight excluding hydrogens is 176 g/mol. The number of aromatic nitrogens is 1. The van der Waals surface area contributed by atoms with Crippen molar-refractivity contribution in [3.05, 3.63) is 28.2 Å². The van der Waals surface area contributed by atoms with Crippen LogP contribution < -0.4 is 10.5 Å². The fraction of sp³-hybridized carbons (Fsp3) is 0.375. The topological polar surface area (TPSA) is 53.0 Å². The van der Waals surface area contributed by atoms with Gasteiger partial charge >= 0.3 is 0 Å². The van der Waals surface area contributed by atoms with Crippen molar-refractivity contribution >= 4 is 18.1 Å². The molecule has 1 heterocycles. The van der Waals surface area contributed by atoms with E-state index in [0.29, 0.717) is 5.69 Å². The minimum Gasteiger partial charge on any atom is -0.618 e. The lowest BCUT2D eigenvalue weighted by atomic mass is 10.1. The molecule has 4 heteroatoms. The summed E-state index contributed by atoms with van der Waals surface area (Å²) in [4.78, 5) is 0. The molecule has 1 aromatic rings. The smallest absolute Gasteiger partial charge is 0.194 e. The van der Waals surface area contributed by atoms with Crippen LogP contribution in [0.3, 0.4) is 0 Å². The van der Waals surface area contributed by atoms with Gasteiger partial charge in [0.15, 0.2) is 11.9 Å². The molecule has 0 aromatic carbocycles. The summed E-state index contributed by atoms with van der Waals surface area (Å²) in [7, 11) is 0. The van der Waals surface area contributed by atoms with Gasteiger partial charge in [-0.25, -0.2) is 0 Å². The van der Waals surface area contributed by atoms with Gasteiger partial charge in [-0.3, -0.25) is 0 Å². The van der Waals surface area contributed by atoms with Gasteiger partial charge in [-0.15, -0.1) is 12.4 Å². The maximum atomic E-state index is 11.1. The Hall–Kier alpha value is -0.960. The molecule has 0 amide bonds. The molecule has 0 aliphatic rings. The van der Waals surface area contributed by atoms with E-state index in [2.05, 4.69) is 0 Å². The third-order valence-electron chi connectivity index (χ3n) is 2.01. The molecule has 0 spiro atoms. The average Bonchev–Trinajstić information content (AvgIpc) is 1.97. The van der Waals surface area contributed by atoms with Crippen LogP contribution in [0.1, 0.15) is 16.8 Å². The highest BCUT2D eigenvalue weighted by molar-refractivity contribution is 5.85. The Morgan fingerprint density at radius 3 is 2.33 bits per heavy atom. The van der Waals surface area contributed by atoms with Crippen LogP contribution in [0, 0.1) is 26.0 Å². The molecule has 0 bridgehead atoms. The van der Waals surface area contributed by atoms with E-state index in [9.17, 15) is 5.21 Å². The number of aryl methyl sites for hydroxylation is 1. The first-order chi connectivity index (χ1) is 5.04. The van der Waals surface area contributed by atoms with Gasteiger partial charge in [0, 0.05) is 23.7 Å². The summed E-state index contributed by atoms with van der Waals surface area (Å²) >= 11 is 0. The van der Waals surface area contributed by atoms with Gasteiger partial charge in [0.1, 0.15) is 0 Å². The van der Waals surface area contributed by atoms with Crippen molar-refractivity contribution in [1.82, 2.24) is 0 Å². The summed E-state index contributed by atoms with van der Waals surface area (Å²) in [6, 6.07) is 0. The molecule has 0 aliphatic heterocycles. The van der Waals surface area contributed by atoms with E-state index in [4.69, 9.17) is 5.73 Å². The summed E-state index contributed by atoms with van der Waals surface area (Å²) in [5.74, 6) is 0. The summed E-state index contributed by atoms with van der Waals surface area (Å²) in [6.45, 7) is 5.44. The van der Waals surface area contributed by atoms with E-state index in [1.165, 1.54) is 6.20 Å². The highest BCUT2D eigenvalue weighted by Crippen LogP contribution is 2.15. The maximum Gasteiger partial charge on any atom is 0.194 e. The van der Waals surface area contributed by atoms with Gasteiger partial charge in [0.05, 0.1) is 0 Å². The van der Waals surface area contributed by atoms with E-state index >= 15 is 0 Å². The number of hydrogen-bond acceptors (Lipinski definition) is 2. The molecule has 3 nitrogen and oxygen atoms in total. The molecule has 68 valence electrons. The number of nitrogen functional groups attached to an aromatic ring is 1. The molecule has 0 atom stereocenters. The second-order valence-electron chi connectivity index (χ2n) is 2.76. The van der Waals surface area contributed by atoms with E-state index in [0.717, 1.165) is 21.5 Å². The van der Waals surface area contributed by atoms with Crippen LogP contribution >= 0.6 is 12.4 Å². The molecular formula is C8H13ClN2O. The second-order valence-corrected chi connectivity index (χ2v) is 2.76. The van der Waals surface area contributed by atoms with Crippen molar-refractivity contribution in [2.75, 3.05) is 5.73 Å². The summed E-state index contributed by atoms with van der Waals surface area (Å²) in [6.07, 6.45) is 1.50. The zero-order chi connectivity index (χ0) is 8.59. The quantitative estimate of drug-likeness (QED) is 0.492. The molecule has 0 aliphatic carbocycles. The van der Waals surface area contributed by atoms with Crippen LogP contribution in [0.5, 0.6) is 0 Å². The normalized spacial score (nSPS) is 9.25. The first kappa shape index (κ1) is 11.0. The van der Waals surface area contributed by atoms with Gasteiger partial charge in [-0.1, -0.05) is 0 Å². The van der Waals surface area contributed by atoms with E-state index in [-0.39, 0.29) is 12.4 Å². The van der Waals surface area contributed by atoms with Gasteiger partial charge in [-0.2, -0.15) is 4.73 Å². The zero-order valence-electron chi connectivity index (χ0n) is 7.42. The largest absolute Gasteiger partial charge is 0.618 e. The van der Waals surface area contributed by atoms with E-state index < -0.39 is 0 Å². The van der Waals surface area contributed by atoms with E-state index in [1.807, 2.05) is 13.8 Å². The highest BCUT2D eigenvalue weighted by atomic mass is 35.5. The highest BCUT2D eigenvalue weighted by Gasteiger charge is 2.09. The Bertz CT molecular complexity index is 273. The Labute approximate surface area is 78.2 Å². The summed E-state index contributed by atoms with van der Waals surface area (Å²) in [5, 5.41) is 11.1. The molecule has 0 saturated heterocycles. The lowest BCUT2D eigenvalue weighted by molar-refractivity contribution is -0.612. The van der Waals surface area contributed by atoms with Crippen molar-refractivity contribution in [3.63, 3.8) is 0 Å². The Morgan fingerprint density at radius 2 is 1.83 bits per heavy atom. The molecule has 2 N–H and O–H groups in total. The Morgan fingerprint density at radius 1 is 1.33 bits per heavy atom. The zero-order valence-corrected chi connectivity index (χ0v) is 8.23. The van der Waals surface area contributed by atoms with Crippen molar-refractivity contribution in [2.24, 2.45) is 0 Å². The number of nitrogens with two attached hydrogens (primary N) is 1. The monoisotopic (exact) mass is 188 g/mol. The number of hydrogen-bond donors (Lipinski definition) is 1. The van der Waals surface area contributed by atoms with Gasteiger partial charge in [0.25, 0.3) is 0 Å². The third kappa shape index (κ3) is 1.61. The summed E-state index contributed by atoms with van der Waals surface area (Å²) in [5.41, 5.74) is 8.80. The average molecular weight is 189 g/mol. The van der Waals surface area contributed by atoms with Crippen molar-refractivity contribution < 1.29 is 4.73 Å². The van der Waals surface area contributed by atoms with Crippen LogP contribution in [-0.4, -0.2) is 0 Å². The second kappa shape index (κ2) is 3.63. The molecule has 12 heavy (non-hydrogen) atoms. The number of pyridine rings is 1. The summed E-state index contributed by atoms with van der Waals surface area (Å²) < 4.78 is 0.848. The van der Waals surface area contributed by atoms with Gasteiger partial charge in [-0.05, 0) is 13.8 Å². The predicted octanol–water partition coefficient (Wildman–Crippen LogP) is 1.25. The maximum absolute atomic E-state index is 11.1. The Balaban J connectivity index is 0.00000121. The molecule has 0 radical (unpaired) electrons. The van der Waals surface area contributed by atoms with Crippen LogP contribution in [0.4, 0.5) is 5.69 Å². The molecule has 0 saturated carbocycles. The van der Waals surface area contributed by atoms with Crippen LogP contribution in [0.2, 0.25) is 0 Å². The fourth-order valence-electron chi connectivity index (χ4n) is 0.998. The van der Waals surface area contributed by atoms with Crippen molar-refractivity contribution in [1.29, 1.82) is 0 Å². The standard InChI is InChI=1S/C8H12N2O.ClH/c1-5-4-10(11)7(3)6(2)8(5)9;/h4H,9H2,1-3H3;1H. The SMILES string of the molecule is Cc1c[n+]([O-])c(C)c(C)c1N.Cl. The number of halogens is 1. The minimum absolute atomic E-state index is 0. The van der Waals surface area contributed by atoms with Gasteiger partial charge < -0.3 is 10.9 Å². The van der Waals surface area contributed by atoms with Gasteiger partial charge in [0.2, 0.25) is 0 Å². The van der Waals surface area contributed by atoms with Crippen molar-refractivity contribution in [3.8, 4) is 0 Å². The Kier molecular flexibility index (Phi) is 3.34. The molecule has 1 rings (SSSR count). The van der Waals surface area contributed by atoms with E-state index in [1.54, 1.807) is 6.92 Å². The first-order valence-electron chi connectivity index (χ1n) is 3.49. The first-order valence-corrected chi connectivity index (χ1v) is 3.49. The fourth-order valence-corrected chi connectivity index (χ4v) is 0.998. The molecule has 0 fully saturated rings. The molecule has 0 unspecified atom stereocenters. The number of anilines is 1. The number of nitrogens with zero attached hydrogens (tertiary/aromatic N) is 1. The molecule has 1 aromatic heterocycles.